The van der Waals surface area contributed by atoms with Gasteiger partial charge in [-0.25, -0.2) is 4.79 Å². The van der Waals surface area contributed by atoms with Crippen LogP contribution < -0.4 is 0 Å². The molecule has 0 N–H and O–H groups in total. The molecule has 1 rings (SSSR count). The fourth-order valence-electron chi connectivity index (χ4n) is 2.24. The summed E-state index contributed by atoms with van der Waals surface area (Å²) in [5, 5.41) is 0. The van der Waals surface area contributed by atoms with E-state index in [0.29, 0.717) is 13.0 Å². The van der Waals surface area contributed by atoms with Gasteiger partial charge in [-0.1, -0.05) is 57.5 Å². The van der Waals surface area contributed by atoms with Gasteiger partial charge in [0.1, 0.15) is 5.60 Å². The standard InChI is InChI=1S/C20H31NO3/c1-7-20(5,6)13-17(22)15-21(18(23)24-19(2,3)4)14-16-11-9-8-10-12-16/h8-12H,7,13-15H2,1-6H3. The van der Waals surface area contributed by atoms with Gasteiger partial charge in [0.15, 0.2) is 5.78 Å². The summed E-state index contributed by atoms with van der Waals surface area (Å²) in [4.78, 5) is 26.4. The molecule has 0 radical (unpaired) electrons. The van der Waals surface area contributed by atoms with Gasteiger partial charge in [-0.2, -0.15) is 0 Å². The molecule has 0 aliphatic carbocycles. The van der Waals surface area contributed by atoms with Crippen LogP contribution in [0.25, 0.3) is 0 Å². The zero-order valence-electron chi connectivity index (χ0n) is 15.9. The van der Waals surface area contributed by atoms with Crippen molar-refractivity contribution in [3.8, 4) is 0 Å². The highest BCUT2D eigenvalue weighted by Crippen LogP contribution is 2.25. The van der Waals surface area contributed by atoms with Crippen molar-refractivity contribution in [3.05, 3.63) is 35.9 Å². The molecule has 0 spiro atoms. The number of rotatable bonds is 7. The molecule has 24 heavy (non-hydrogen) atoms. The lowest BCUT2D eigenvalue weighted by Crippen LogP contribution is -2.40. The Labute approximate surface area is 146 Å². The first-order valence-corrected chi connectivity index (χ1v) is 8.56. The quantitative estimate of drug-likeness (QED) is 0.719. The van der Waals surface area contributed by atoms with Crippen molar-refractivity contribution in [1.29, 1.82) is 0 Å². The molecule has 0 unspecified atom stereocenters. The molecule has 0 aromatic heterocycles. The number of hydrogen-bond donors (Lipinski definition) is 0. The maximum absolute atomic E-state index is 12.5. The Morgan fingerprint density at radius 3 is 2.12 bits per heavy atom. The van der Waals surface area contributed by atoms with Gasteiger partial charge in [-0.15, -0.1) is 0 Å². The number of carbonyl (C=O) groups is 2. The molecular formula is C20H31NO3. The van der Waals surface area contributed by atoms with Gasteiger partial charge in [-0.3, -0.25) is 9.69 Å². The van der Waals surface area contributed by atoms with Gasteiger partial charge < -0.3 is 4.74 Å². The molecule has 0 fully saturated rings. The minimum atomic E-state index is -0.586. The van der Waals surface area contributed by atoms with Crippen LogP contribution in [0.3, 0.4) is 0 Å². The first kappa shape index (κ1) is 20.2. The maximum Gasteiger partial charge on any atom is 0.410 e. The van der Waals surface area contributed by atoms with Gasteiger partial charge in [-0.05, 0) is 31.7 Å². The molecule has 0 atom stereocenters. The molecule has 1 amide bonds. The van der Waals surface area contributed by atoms with E-state index in [1.54, 1.807) is 0 Å². The van der Waals surface area contributed by atoms with Crippen LogP contribution in [0.1, 0.15) is 59.9 Å². The molecule has 1 aromatic rings. The molecule has 0 bridgehead atoms. The van der Waals surface area contributed by atoms with Crippen LogP contribution in [0, 0.1) is 5.41 Å². The zero-order valence-corrected chi connectivity index (χ0v) is 15.9. The van der Waals surface area contributed by atoms with Crippen LogP contribution in [-0.2, 0) is 16.1 Å². The highest BCUT2D eigenvalue weighted by atomic mass is 16.6. The fraction of sp³-hybridized carbons (Fsp3) is 0.600. The van der Waals surface area contributed by atoms with E-state index in [1.807, 2.05) is 51.1 Å². The minimum absolute atomic E-state index is 0.0522. The molecule has 0 aliphatic rings. The first-order valence-electron chi connectivity index (χ1n) is 8.56. The summed E-state index contributed by atoms with van der Waals surface area (Å²) in [5.41, 5.74) is 0.340. The third kappa shape index (κ3) is 7.62. The van der Waals surface area contributed by atoms with Crippen LogP contribution in [0.15, 0.2) is 30.3 Å². The molecule has 4 nitrogen and oxygen atoms in total. The lowest BCUT2D eigenvalue weighted by molar-refractivity contribution is -0.122. The van der Waals surface area contributed by atoms with E-state index < -0.39 is 11.7 Å². The first-order chi connectivity index (χ1) is 11.0. The van der Waals surface area contributed by atoms with Crippen molar-refractivity contribution in [2.75, 3.05) is 6.54 Å². The second-order valence-electron chi connectivity index (χ2n) is 8.06. The normalized spacial score (nSPS) is 11.9. The molecular weight excluding hydrogens is 302 g/mol. The Morgan fingerprint density at radius 2 is 1.62 bits per heavy atom. The van der Waals surface area contributed by atoms with E-state index in [2.05, 4.69) is 20.8 Å². The van der Waals surface area contributed by atoms with E-state index in [9.17, 15) is 9.59 Å². The van der Waals surface area contributed by atoms with Crippen LogP contribution in [0.4, 0.5) is 4.79 Å². The van der Waals surface area contributed by atoms with Crippen molar-refractivity contribution in [2.24, 2.45) is 5.41 Å². The van der Waals surface area contributed by atoms with Crippen LogP contribution >= 0.6 is 0 Å². The molecule has 0 saturated carbocycles. The summed E-state index contributed by atoms with van der Waals surface area (Å²) >= 11 is 0. The number of ether oxygens (including phenoxy) is 1. The van der Waals surface area contributed by atoms with Crippen molar-refractivity contribution in [2.45, 2.75) is 66.5 Å². The van der Waals surface area contributed by atoms with Crippen molar-refractivity contribution < 1.29 is 14.3 Å². The summed E-state index contributed by atoms with van der Waals surface area (Å²) in [6, 6.07) is 9.65. The van der Waals surface area contributed by atoms with Crippen LogP contribution in [0.5, 0.6) is 0 Å². The average Bonchev–Trinajstić information content (AvgIpc) is 2.45. The Bertz CT molecular complexity index is 544. The zero-order chi connectivity index (χ0) is 18.4. The summed E-state index contributed by atoms with van der Waals surface area (Å²) in [7, 11) is 0. The number of benzene rings is 1. The third-order valence-corrected chi connectivity index (χ3v) is 3.87. The highest BCUT2D eigenvalue weighted by molar-refractivity contribution is 5.84. The molecule has 4 heteroatoms. The van der Waals surface area contributed by atoms with Gasteiger partial charge in [0.25, 0.3) is 0 Å². The largest absolute Gasteiger partial charge is 0.444 e. The summed E-state index contributed by atoms with van der Waals surface area (Å²) in [6.07, 6.45) is 0.926. The Balaban J connectivity index is 2.84. The molecule has 0 saturated heterocycles. The summed E-state index contributed by atoms with van der Waals surface area (Å²) < 4.78 is 5.46. The second-order valence-corrected chi connectivity index (χ2v) is 8.06. The summed E-state index contributed by atoms with van der Waals surface area (Å²) in [5.74, 6) is 0.0589. The van der Waals surface area contributed by atoms with Gasteiger partial charge in [0, 0.05) is 13.0 Å². The van der Waals surface area contributed by atoms with Crippen molar-refractivity contribution in [1.82, 2.24) is 4.90 Å². The molecule has 0 heterocycles. The SMILES string of the molecule is CCC(C)(C)CC(=O)CN(Cc1ccccc1)C(=O)OC(C)(C)C. The monoisotopic (exact) mass is 333 g/mol. The maximum atomic E-state index is 12.5. The Hall–Kier alpha value is -1.84. The number of ketones is 1. The third-order valence-electron chi connectivity index (χ3n) is 3.87. The predicted molar refractivity (Wildman–Crippen MR) is 96.8 cm³/mol. The predicted octanol–water partition coefficient (Wildman–Crippen LogP) is 4.82. The van der Waals surface area contributed by atoms with E-state index in [1.165, 1.54) is 4.90 Å². The number of hydrogen-bond acceptors (Lipinski definition) is 3. The van der Waals surface area contributed by atoms with Crippen LogP contribution in [0.2, 0.25) is 0 Å². The fourth-order valence-corrected chi connectivity index (χ4v) is 2.24. The Morgan fingerprint density at radius 1 is 1.04 bits per heavy atom. The van der Waals surface area contributed by atoms with Gasteiger partial charge >= 0.3 is 6.09 Å². The van der Waals surface area contributed by atoms with Crippen molar-refractivity contribution in [3.63, 3.8) is 0 Å². The number of carbonyl (C=O) groups excluding carboxylic acids is 2. The number of Topliss-reactive ketones (excluding diaryl/α,β-unsaturated/α-hetero) is 1. The summed E-state index contributed by atoms with van der Waals surface area (Å²) in [6.45, 7) is 12.1. The van der Waals surface area contributed by atoms with E-state index in [0.717, 1.165) is 12.0 Å². The smallest absolute Gasteiger partial charge is 0.410 e. The van der Waals surface area contributed by atoms with Crippen molar-refractivity contribution >= 4 is 11.9 Å². The van der Waals surface area contributed by atoms with E-state index in [-0.39, 0.29) is 17.7 Å². The van der Waals surface area contributed by atoms with E-state index in [4.69, 9.17) is 4.74 Å². The van der Waals surface area contributed by atoms with Gasteiger partial charge in [0.2, 0.25) is 0 Å². The minimum Gasteiger partial charge on any atom is -0.444 e. The highest BCUT2D eigenvalue weighted by Gasteiger charge is 2.26. The molecule has 1 aromatic carbocycles. The Kier molecular flexibility index (Phi) is 7.00. The molecule has 134 valence electrons. The lowest BCUT2D eigenvalue weighted by Gasteiger charge is -2.28. The topological polar surface area (TPSA) is 46.6 Å². The van der Waals surface area contributed by atoms with Gasteiger partial charge in [0.05, 0.1) is 6.54 Å². The van der Waals surface area contributed by atoms with E-state index >= 15 is 0 Å². The van der Waals surface area contributed by atoms with Crippen LogP contribution in [-0.4, -0.2) is 28.9 Å². The molecule has 0 aliphatic heterocycles. The number of nitrogens with zero attached hydrogens (tertiary/aromatic N) is 1. The number of amides is 1. The second kappa shape index (κ2) is 8.32. The lowest BCUT2D eigenvalue weighted by atomic mass is 9.84. The average molecular weight is 333 g/mol.